The number of anilines is 1. The topological polar surface area (TPSA) is 68.8 Å². The molecule has 0 atom stereocenters. The Labute approximate surface area is 82.3 Å². The molecule has 0 aliphatic carbocycles. The van der Waals surface area contributed by atoms with Crippen LogP contribution in [0, 0.1) is 22.7 Å². The molecule has 4 nitrogen and oxygen atoms in total. The molecular formula is C10H9N3O. The van der Waals surface area contributed by atoms with E-state index in [2.05, 4.69) is 5.32 Å². The standard InChI is InChI=1S/C10H9N3O/c1-14-10-6-8(7-12)2-3-9(10)13-5-4-11/h2-3,6,13H,5H2,1H3. The van der Waals surface area contributed by atoms with Crippen LogP contribution in [0.5, 0.6) is 5.75 Å². The predicted molar refractivity (Wildman–Crippen MR) is 51.8 cm³/mol. The van der Waals surface area contributed by atoms with Crippen molar-refractivity contribution < 1.29 is 4.74 Å². The van der Waals surface area contributed by atoms with E-state index in [9.17, 15) is 0 Å². The van der Waals surface area contributed by atoms with E-state index in [1.54, 1.807) is 18.2 Å². The number of nitrogens with zero attached hydrogens (tertiary/aromatic N) is 2. The summed E-state index contributed by atoms with van der Waals surface area (Å²) in [5.41, 5.74) is 1.25. The zero-order valence-corrected chi connectivity index (χ0v) is 7.74. The van der Waals surface area contributed by atoms with Crippen molar-refractivity contribution in [2.45, 2.75) is 0 Å². The molecule has 0 aromatic heterocycles. The first kappa shape index (κ1) is 9.88. The van der Waals surface area contributed by atoms with E-state index in [-0.39, 0.29) is 6.54 Å². The lowest BCUT2D eigenvalue weighted by Gasteiger charge is -2.08. The van der Waals surface area contributed by atoms with Crippen LogP contribution < -0.4 is 10.1 Å². The maximum atomic E-state index is 8.65. The Bertz CT molecular complexity index is 401. The van der Waals surface area contributed by atoms with Gasteiger partial charge in [-0.3, -0.25) is 0 Å². The summed E-state index contributed by atoms with van der Waals surface area (Å²) in [5.74, 6) is 0.569. The average Bonchev–Trinajstić information content (AvgIpc) is 2.26. The van der Waals surface area contributed by atoms with Crippen molar-refractivity contribution in [3.05, 3.63) is 23.8 Å². The fourth-order valence-electron chi connectivity index (χ4n) is 1.04. The summed E-state index contributed by atoms with van der Waals surface area (Å²) in [6.45, 7) is 0.211. The molecule has 1 aromatic carbocycles. The quantitative estimate of drug-likeness (QED) is 0.728. The number of ether oxygens (including phenoxy) is 1. The van der Waals surface area contributed by atoms with Crippen LogP contribution in [-0.2, 0) is 0 Å². The second-order valence-corrected chi connectivity index (χ2v) is 2.54. The summed E-state index contributed by atoms with van der Waals surface area (Å²) in [6.07, 6.45) is 0. The van der Waals surface area contributed by atoms with Gasteiger partial charge in [0.25, 0.3) is 0 Å². The molecule has 0 fully saturated rings. The first-order chi connectivity index (χ1) is 6.81. The van der Waals surface area contributed by atoms with E-state index in [0.717, 1.165) is 0 Å². The third-order valence-corrected chi connectivity index (χ3v) is 1.69. The molecule has 70 valence electrons. The van der Waals surface area contributed by atoms with Crippen molar-refractivity contribution in [1.29, 1.82) is 10.5 Å². The number of nitriles is 2. The SMILES string of the molecule is COc1cc(C#N)ccc1NCC#N. The number of hydrogen-bond donors (Lipinski definition) is 1. The molecular weight excluding hydrogens is 178 g/mol. The monoisotopic (exact) mass is 187 g/mol. The molecule has 0 saturated carbocycles. The summed E-state index contributed by atoms with van der Waals surface area (Å²) in [7, 11) is 1.52. The van der Waals surface area contributed by atoms with Crippen LogP contribution in [0.1, 0.15) is 5.56 Å². The van der Waals surface area contributed by atoms with Gasteiger partial charge in [-0.25, -0.2) is 0 Å². The molecule has 4 heteroatoms. The minimum absolute atomic E-state index is 0.211. The summed E-state index contributed by atoms with van der Waals surface area (Å²) < 4.78 is 5.06. The summed E-state index contributed by atoms with van der Waals surface area (Å²) >= 11 is 0. The number of benzene rings is 1. The van der Waals surface area contributed by atoms with Gasteiger partial charge in [-0.2, -0.15) is 10.5 Å². The highest BCUT2D eigenvalue weighted by Gasteiger charge is 2.02. The Morgan fingerprint density at radius 1 is 1.43 bits per heavy atom. The Balaban J connectivity index is 2.96. The molecule has 1 rings (SSSR count). The van der Waals surface area contributed by atoms with E-state index >= 15 is 0 Å². The van der Waals surface area contributed by atoms with Gasteiger partial charge in [-0.1, -0.05) is 0 Å². The van der Waals surface area contributed by atoms with Gasteiger partial charge < -0.3 is 10.1 Å². The first-order valence-corrected chi connectivity index (χ1v) is 4.00. The van der Waals surface area contributed by atoms with Gasteiger partial charge in [-0.15, -0.1) is 0 Å². The molecule has 0 aliphatic rings. The van der Waals surface area contributed by atoms with Crippen LogP contribution in [0.2, 0.25) is 0 Å². The highest BCUT2D eigenvalue weighted by Crippen LogP contribution is 2.24. The number of nitrogens with one attached hydrogen (secondary N) is 1. The predicted octanol–water partition coefficient (Wildman–Crippen LogP) is 1.50. The largest absolute Gasteiger partial charge is 0.495 e. The zero-order chi connectivity index (χ0) is 10.4. The smallest absolute Gasteiger partial charge is 0.143 e. The molecule has 0 saturated heterocycles. The number of methoxy groups -OCH3 is 1. The van der Waals surface area contributed by atoms with Crippen LogP contribution in [0.25, 0.3) is 0 Å². The van der Waals surface area contributed by atoms with Crippen molar-refractivity contribution in [2.75, 3.05) is 19.0 Å². The maximum Gasteiger partial charge on any atom is 0.143 e. The Kier molecular flexibility index (Phi) is 3.34. The van der Waals surface area contributed by atoms with E-state index in [4.69, 9.17) is 15.3 Å². The van der Waals surface area contributed by atoms with Crippen molar-refractivity contribution in [2.24, 2.45) is 0 Å². The van der Waals surface area contributed by atoms with Crippen molar-refractivity contribution in [3.8, 4) is 17.9 Å². The van der Waals surface area contributed by atoms with Crippen molar-refractivity contribution in [3.63, 3.8) is 0 Å². The summed E-state index contributed by atoms with van der Waals surface area (Å²) in [5, 5.41) is 19.9. The minimum atomic E-state index is 0.211. The average molecular weight is 187 g/mol. The second kappa shape index (κ2) is 4.74. The number of hydrogen-bond acceptors (Lipinski definition) is 4. The zero-order valence-electron chi connectivity index (χ0n) is 7.74. The third kappa shape index (κ3) is 2.15. The highest BCUT2D eigenvalue weighted by molar-refractivity contribution is 5.59. The van der Waals surface area contributed by atoms with E-state index < -0.39 is 0 Å². The van der Waals surface area contributed by atoms with Crippen LogP contribution in [0.3, 0.4) is 0 Å². The molecule has 0 amide bonds. The van der Waals surface area contributed by atoms with Gasteiger partial charge in [0, 0.05) is 6.07 Å². The molecule has 1 aromatic rings. The minimum Gasteiger partial charge on any atom is -0.495 e. The molecule has 14 heavy (non-hydrogen) atoms. The Morgan fingerprint density at radius 3 is 2.79 bits per heavy atom. The summed E-state index contributed by atoms with van der Waals surface area (Å²) in [6, 6.07) is 8.99. The maximum absolute atomic E-state index is 8.65. The van der Waals surface area contributed by atoms with Gasteiger partial charge in [0.05, 0.1) is 30.5 Å². The van der Waals surface area contributed by atoms with E-state index in [1.165, 1.54) is 7.11 Å². The van der Waals surface area contributed by atoms with Gasteiger partial charge in [0.2, 0.25) is 0 Å². The van der Waals surface area contributed by atoms with Gasteiger partial charge in [0.15, 0.2) is 0 Å². The van der Waals surface area contributed by atoms with Crippen molar-refractivity contribution >= 4 is 5.69 Å². The number of rotatable bonds is 3. The Morgan fingerprint density at radius 2 is 2.21 bits per heavy atom. The van der Waals surface area contributed by atoms with Gasteiger partial charge >= 0.3 is 0 Å². The van der Waals surface area contributed by atoms with Crippen LogP contribution in [0.4, 0.5) is 5.69 Å². The van der Waals surface area contributed by atoms with Gasteiger partial charge in [-0.05, 0) is 12.1 Å². The first-order valence-electron chi connectivity index (χ1n) is 4.00. The second-order valence-electron chi connectivity index (χ2n) is 2.54. The fourth-order valence-corrected chi connectivity index (χ4v) is 1.04. The lowest BCUT2D eigenvalue weighted by molar-refractivity contribution is 0.416. The molecule has 0 spiro atoms. The third-order valence-electron chi connectivity index (χ3n) is 1.69. The highest BCUT2D eigenvalue weighted by atomic mass is 16.5. The fraction of sp³-hybridized carbons (Fsp3) is 0.200. The lowest BCUT2D eigenvalue weighted by atomic mass is 10.2. The molecule has 0 radical (unpaired) electrons. The van der Waals surface area contributed by atoms with Gasteiger partial charge in [0.1, 0.15) is 12.3 Å². The molecule has 0 aliphatic heterocycles. The Hall–Kier alpha value is -2.20. The molecule has 0 bridgehead atoms. The van der Waals surface area contributed by atoms with Crippen molar-refractivity contribution in [1.82, 2.24) is 0 Å². The van der Waals surface area contributed by atoms with Crippen LogP contribution in [-0.4, -0.2) is 13.7 Å². The van der Waals surface area contributed by atoms with E-state index in [0.29, 0.717) is 17.0 Å². The molecule has 0 heterocycles. The normalized spacial score (nSPS) is 8.50. The van der Waals surface area contributed by atoms with E-state index in [1.807, 2.05) is 12.1 Å². The molecule has 1 N–H and O–H groups in total. The lowest BCUT2D eigenvalue weighted by Crippen LogP contribution is -2.00. The summed E-state index contributed by atoms with van der Waals surface area (Å²) in [4.78, 5) is 0. The van der Waals surface area contributed by atoms with Crippen LogP contribution >= 0.6 is 0 Å². The molecule has 0 unspecified atom stereocenters. The van der Waals surface area contributed by atoms with Crippen LogP contribution in [0.15, 0.2) is 18.2 Å².